The first kappa shape index (κ1) is 10.7. The predicted molar refractivity (Wildman–Crippen MR) is 65.7 cm³/mol. The van der Waals surface area contributed by atoms with E-state index in [1.807, 2.05) is 13.1 Å². The van der Waals surface area contributed by atoms with Crippen molar-refractivity contribution in [3.8, 4) is 0 Å². The molecule has 2 heterocycles. The number of nitrogens with zero attached hydrogens (tertiary/aromatic N) is 3. The van der Waals surface area contributed by atoms with Crippen molar-refractivity contribution in [3.05, 3.63) is 23.7 Å². The number of imidazole rings is 1. The second-order valence-corrected chi connectivity index (χ2v) is 5.43. The molecule has 1 fully saturated rings. The van der Waals surface area contributed by atoms with Gasteiger partial charge in [0.1, 0.15) is 11.3 Å². The number of aliphatic hydroxyl groups is 1. The first-order valence-corrected chi connectivity index (χ1v) is 6.02. The monoisotopic (exact) mass is 231 g/mol. The molecule has 1 aliphatic rings. The van der Waals surface area contributed by atoms with Crippen molar-refractivity contribution in [1.82, 2.24) is 14.5 Å². The molecule has 0 radical (unpaired) electrons. The van der Waals surface area contributed by atoms with E-state index in [4.69, 9.17) is 0 Å². The summed E-state index contributed by atoms with van der Waals surface area (Å²) >= 11 is 0. The van der Waals surface area contributed by atoms with E-state index in [1.54, 1.807) is 20.0 Å². The maximum absolute atomic E-state index is 9.97. The SMILES string of the molecule is Cn1c(C2CC2)nc2cc(C(C)(C)O)cnc21. The Balaban J connectivity index is 2.17. The molecular weight excluding hydrogens is 214 g/mol. The first-order valence-electron chi connectivity index (χ1n) is 6.02. The Morgan fingerprint density at radius 3 is 2.71 bits per heavy atom. The Bertz CT molecular complexity index is 576. The zero-order valence-electron chi connectivity index (χ0n) is 10.4. The summed E-state index contributed by atoms with van der Waals surface area (Å²) in [6.45, 7) is 3.53. The Labute approximate surface area is 100 Å². The van der Waals surface area contributed by atoms with Gasteiger partial charge in [-0.05, 0) is 32.8 Å². The van der Waals surface area contributed by atoms with Crippen molar-refractivity contribution in [2.75, 3.05) is 0 Å². The lowest BCUT2D eigenvalue weighted by Gasteiger charge is -2.16. The van der Waals surface area contributed by atoms with Gasteiger partial charge in [0.15, 0.2) is 5.65 Å². The second-order valence-electron chi connectivity index (χ2n) is 5.43. The second kappa shape index (κ2) is 3.29. The van der Waals surface area contributed by atoms with Crippen molar-refractivity contribution in [2.45, 2.75) is 38.2 Å². The van der Waals surface area contributed by atoms with Crippen molar-refractivity contribution in [2.24, 2.45) is 7.05 Å². The van der Waals surface area contributed by atoms with Crippen LogP contribution in [0.15, 0.2) is 12.3 Å². The minimum Gasteiger partial charge on any atom is -0.386 e. The normalized spacial score (nSPS) is 16.7. The van der Waals surface area contributed by atoms with Crippen molar-refractivity contribution < 1.29 is 5.11 Å². The van der Waals surface area contributed by atoms with Crippen LogP contribution in [0, 0.1) is 0 Å². The van der Waals surface area contributed by atoms with E-state index in [1.165, 1.54) is 12.8 Å². The van der Waals surface area contributed by atoms with Crippen LogP contribution in [0.5, 0.6) is 0 Å². The molecular formula is C13H17N3O. The van der Waals surface area contributed by atoms with Crippen LogP contribution in [0.4, 0.5) is 0 Å². The molecule has 17 heavy (non-hydrogen) atoms. The molecule has 1 N–H and O–H groups in total. The van der Waals surface area contributed by atoms with Gasteiger partial charge in [-0.3, -0.25) is 0 Å². The van der Waals surface area contributed by atoms with Crippen LogP contribution in [-0.4, -0.2) is 19.6 Å². The maximum atomic E-state index is 9.97. The van der Waals surface area contributed by atoms with Gasteiger partial charge >= 0.3 is 0 Å². The summed E-state index contributed by atoms with van der Waals surface area (Å²) in [6, 6.07) is 1.94. The summed E-state index contributed by atoms with van der Waals surface area (Å²) < 4.78 is 2.07. The van der Waals surface area contributed by atoms with Crippen LogP contribution >= 0.6 is 0 Å². The Morgan fingerprint density at radius 2 is 2.12 bits per heavy atom. The summed E-state index contributed by atoms with van der Waals surface area (Å²) in [5.41, 5.74) is 1.73. The molecule has 0 bridgehead atoms. The summed E-state index contributed by atoms with van der Waals surface area (Å²) in [4.78, 5) is 9.06. The van der Waals surface area contributed by atoms with E-state index in [0.717, 1.165) is 22.6 Å². The number of hydrogen-bond acceptors (Lipinski definition) is 3. The van der Waals surface area contributed by atoms with Crippen molar-refractivity contribution >= 4 is 11.2 Å². The molecule has 90 valence electrons. The standard InChI is InChI=1S/C13H17N3O/c1-13(2,17)9-6-10-12(14-7-9)16(3)11(15-10)8-4-5-8/h6-8,17H,4-5H2,1-3H3. The van der Waals surface area contributed by atoms with Gasteiger partial charge in [0, 0.05) is 24.7 Å². The molecule has 4 heteroatoms. The van der Waals surface area contributed by atoms with Crippen LogP contribution in [0.3, 0.4) is 0 Å². The molecule has 1 saturated carbocycles. The molecule has 0 amide bonds. The van der Waals surface area contributed by atoms with Crippen molar-refractivity contribution in [3.63, 3.8) is 0 Å². The van der Waals surface area contributed by atoms with E-state index in [2.05, 4.69) is 14.5 Å². The molecule has 0 aliphatic heterocycles. The van der Waals surface area contributed by atoms with Gasteiger partial charge in [-0.25, -0.2) is 9.97 Å². The lowest BCUT2D eigenvalue weighted by Crippen LogP contribution is -2.15. The third-order valence-corrected chi connectivity index (χ3v) is 3.39. The molecule has 0 saturated heterocycles. The van der Waals surface area contributed by atoms with Gasteiger partial charge in [0.05, 0.1) is 5.60 Å². The van der Waals surface area contributed by atoms with E-state index in [-0.39, 0.29) is 0 Å². The van der Waals surface area contributed by atoms with E-state index in [0.29, 0.717) is 5.92 Å². The average molecular weight is 231 g/mol. The van der Waals surface area contributed by atoms with Crippen LogP contribution in [0.25, 0.3) is 11.2 Å². The van der Waals surface area contributed by atoms with Gasteiger partial charge in [-0.2, -0.15) is 0 Å². The Hall–Kier alpha value is -1.42. The third-order valence-electron chi connectivity index (χ3n) is 3.39. The smallest absolute Gasteiger partial charge is 0.159 e. The highest BCUT2D eigenvalue weighted by atomic mass is 16.3. The van der Waals surface area contributed by atoms with Gasteiger partial charge in [0.25, 0.3) is 0 Å². The number of rotatable bonds is 2. The summed E-state index contributed by atoms with van der Waals surface area (Å²) in [7, 11) is 2.01. The van der Waals surface area contributed by atoms with Gasteiger partial charge in [0.2, 0.25) is 0 Å². The zero-order chi connectivity index (χ0) is 12.2. The van der Waals surface area contributed by atoms with Gasteiger partial charge in [-0.15, -0.1) is 0 Å². The molecule has 4 nitrogen and oxygen atoms in total. The quantitative estimate of drug-likeness (QED) is 0.860. The van der Waals surface area contributed by atoms with Gasteiger partial charge < -0.3 is 9.67 Å². The van der Waals surface area contributed by atoms with E-state index in [9.17, 15) is 5.11 Å². The third kappa shape index (κ3) is 1.72. The highest BCUT2D eigenvalue weighted by molar-refractivity contribution is 5.72. The highest BCUT2D eigenvalue weighted by Gasteiger charge is 2.29. The molecule has 3 rings (SSSR count). The number of aryl methyl sites for hydroxylation is 1. The number of fused-ring (bicyclic) bond motifs is 1. The van der Waals surface area contributed by atoms with E-state index >= 15 is 0 Å². The number of hydrogen-bond donors (Lipinski definition) is 1. The van der Waals surface area contributed by atoms with Crippen molar-refractivity contribution in [1.29, 1.82) is 0 Å². The Kier molecular flexibility index (Phi) is 2.08. The Morgan fingerprint density at radius 1 is 1.41 bits per heavy atom. The lowest BCUT2D eigenvalue weighted by molar-refractivity contribution is 0.0784. The zero-order valence-corrected chi connectivity index (χ0v) is 10.4. The van der Waals surface area contributed by atoms with Crippen LogP contribution < -0.4 is 0 Å². The first-order chi connectivity index (χ1) is 7.97. The van der Waals surface area contributed by atoms with Crippen LogP contribution in [0.2, 0.25) is 0 Å². The minimum absolute atomic E-state index is 0.611. The van der Waals surface area contributed by atoms with Crippen LogP contribution in [0.1, 0.15) is 44.0 Å². The summed E-state index contributed by atoms with van der Waals surface area (Å²) in [6.07, 6.45) is 4.20. The van der Waals surface area contributed by atoms with Crippen LogP contribution in [-0.2, 0) is 12.6 Å². The fourth-order valence-corrected chi connectivity index (χ4v) is 2.13. The molecule has 0 unspecified atom stereocenters. The summed E-state index contributed by atoms with van der Waals surface area (Å²) in [5, 5.41) is 9.97. The minimum atomic E-state index is -0.863. The fraction of sp³-hybridized carbons (Fsp3) is 0.538. The topological polar surface area (TPSA) is 50.9 Å². The van der Waals surface area contributed by atoms with Gasteiger partial charge in [-0.1, -0.05) is 0 Å². The molecule has 0 spiro atoms. The highest BCUT2D eigenvalue weighted by Crippen LogP contribution is 2.40. The number of pyridine rings is 1. The molecule has 0 atom stereocenters. The molecule has 0 aromatic carbocycles. The average Bonchev–Trinajstić information content (AvgIpc) is 3.03. The fourth-order valence-electron chi connectivity index (χ4n) is 2.13. The predicted octanol–water partition coefficient (Wildman–Crippen LogP) is 2.07. The largest absolute Gasteiger partial charge is 0.386 e. The summed E-state index contributed by atoms with van der Waals surface area (Å²) in [5.74, 6) is 1.74. The molecule has 1 aliphatic carbocycles. The van der Waals surface area contributed by atoms with E-state index < -0.39 is 5.60 Å². The number of aromatic nitrogens is 3. The maximum Gasteiger partial charge on any atom is 0.159 e. The molecule has 2 aromatic heterocycles. The molecule has 2 aromatic rings. The lowest BCUT2D eigenvalue weighted by atomic mass is 10.0.